The monoisotopic (exact) mass is 417 g/mol. The lowest BCUT2D eigenvalue weighted by Gasteiger charge is -2.30. The first-order valence-electron chi connectivity index (χ1n) is 9.42. The van der Waals surface area contributed by atoms with Gasteiger partial charge in [0.2, 0.25) is 0 Å². The number of guanidine groups is 1. The highest BCUT2D eigenvalue weighted by atomic mass is 32.2. The summed E-state index contributed by atoms with van der Waals surface area (Å²) in [6.45, 7) is -0.575. The van der Waals surface area contributed by atoms with E-state index in [0.29, 0.717) is 18.3 Å². The molecule has 0 aliphatic heterocycles. The molecular formula is C19H29F2N3O3S. The lowest BCUT2D eigenvalue weighted by molar-refractivity contribution is -0.0512. The Morgan fingerprint density at radius 3 is 2.79 bits per heavy atom. The Kier molecular flexibility index (Phi) is 8.95. The molecule has 0 aromatic heterocycles. The predicted octanol–water partition coefficient (Wildman–Crippen LogP) is 3.04. The van der Waals surface area contributed by atoms with Gasteiger partial charge in [-0.1, -0.05) is 19.4 Å². The van der Waals surface area contributed by atoms with E-state index in [2.05, 4.69) is 20.4 Å². The van der Waals surface area contributed by atoms with Crippen LogP contribution in [0.5, 0.6) is 11.5 Å². The van der Waals surface area contributed by atoms with Gasteiger partial charge < -0.3 is 20.1 Å². The maximum Gasteiger partial charge on any atom is 0.387 e. The summed E-state index contributed by atoms with van der Waals surface area (Å²) in [4.78, 5) is 4.23. The number of ether oxygens (including phenoxy) is 2. The topological polar surface area (TPSA) is 72.0 Å². The number of aliphatic imine (C=N–C) groups is 1. The average molecular weight is 418 g/mol. The van der Waals surface area contributed by atoms with Crippen LogP contribution in [0.15, 0.2) is 23.2 Å². The van der Waals surface area contributed by atoms with Gasteiger partial charge in [-0.05, 0) is 37.0 Å². The van der Waals surface area contributed by atoms with Gasteiger partial charge in [0.25, 0.3) is 0 Å². The van der Waals surface area contributed by atoms with Gasteiger partial charge in [0.1, 0.15) is 0 Å². The van der Waals surface area contributed by atoms with Crippen molar-refractivity contribution < 1.29 is 22.5 Å². The van der Waals surface area contributed by atoms with E-state index < -0.39 is 17.4 Å². The summed E-state index contributed by atoms with van der Waals surface area (Å²) in [6.07, 6.45) is 3.91. The zero-order chi connectivity index (χ0) is 20.5. The normalized spacial score (nSPS) is 21.3. The first-order chi connectivity index (χ1) is 13.5. The molecule has 1 aliphatic carbocycles. The van der Waals surface area contributed by atoms with Crippen LogP contribution in [0, 0.1) is 0 Å². The number of rotatable bonds is 8. The zero-order valence-corrected chi connectivity index (χ0v) is 17.4. The van der Waals surface area contributed by atoms with E-state index in [4.69, 9.17) is 4.74 Å². The van der Waals surface area contributed by atoms with Crippen LogP contribution in [0.1, 0.15) is 38.2 Å². The molecule has 1 aliphatic rings. The van der Waals surface area contributed by atoms with Crippen LogP contribution in [0.3, 0.4) is 0 Å². The second-order valence-electron chi connectivity index (χ2n) is 6.59. The number of benzene rings is 1. The fourth-order valence-electron chi connectivity index (χ4n) is 3.34. The Morgan fingerprint density at radius 1 is 1.36 bits per heavy atom. The first kappa shape index (κ1) is 22.4. The number of hydrogen-bond acceptors (Lipinski definition) is 4. The Hall–Kier alpha value is -1.90. The number of alkyl halides is 2. The number of halogens is 2. The summed E-state index contributed by atoms with van der Waals surface area (Å²) in [7, 11) is 2.30. The molecular weight excluding hydrogens is 388 g/mol. The molecule has 9 heteroatoms. The van der Waals surface area contributed by atoms with Crippen molar-refractivity contribution in [3.63, 3.8) is 0 Å². The quantitative estimate of drug-likeness (QED) is 0.503. The molecule has 0 radical (unpaired) electrons. The molecule has 1 fully saturated rings. The fraction of sp³-hybridized carbons (Fsp3) is 0.632. The molecule has 0 spiro atoms. The Morgan fingerprint density at radius 2 is 2.14 bits per heavy atom. The van der Waals surface area contributed by atoms with E-state index in [1.54, 1.807) is 19.2 Å². The van der Waals surface area contributed by atoms with Crippen LogP contribution in [0.25, 0.3) is 0 Å². The van der Waals surface area contributed by atoms with Gasteiger partial charge in [-0.25, -0.2) is 0 Å². The molecule has 6 nitrogen and oxygen atoms in total. The van der Waals surface area contributed by atoms with Crippen molar-refractivity contribution in [2.45, 2.75) is 57.1 Å². The third-order valence-corrected chi connectivity index (χ3v) is 6.49. The van der Waals surface area contributed by atoms with E-state index in [9.17, 15) is 13.0 Å². The largest absolute Gasteiger partial charge is 0.493 e. The van der Waals surface area contributed by atoms with Gasteiger partial charge >= 0.3 is 6.61 Å². The second-order valence-corrected chi connectivity index (χ2v) is 8.59. The minimum absolute atomic E-state index is 0.00286. The van der Waals surface area contributed by atoms with Crippen molar-refractivity contribution in [1.82, 2.24) is 10.6 Å². The Balaban J connectivity index is 1.94. The second kappa shape index (κ2) is 11.2. The molecule has 1 aromatic carbocycles. The number of nitrogens with one attached hydrogen (secondary N) is 2. The number of methoxy groups -OCH3 is 1. The van der Waals surface area contributed by atoms with Crippen LogP contribution in [-0.2, 0) is 17.3 Å². The van der Waals surface area contributed by atoms with Gasteiger partial charge in [0.15, 0.2) is 17.5 Å². The smallest absolute Gasteiger partial charge is 0.387 e. The van der Waals surface area contributed by atoms with Crippen LogP contribution in [-0.4, -0.2) is 48.0 Å². The standard InChI is InChI=1S/C19H29F2N3O3S/c1-4-28(25)15-7-5-6-14(11-15)24-19(22-2)23-12-13-8-9-16(26-3)17(10-13)27-18(20)21/h8-10,14-15,18H,4-7,11-12H2,1-3H3,(H2,22,23,24). The van der Waals surface area contributed by atoms with Crippen molar-refractivity contribution in [2.24, 2.45) is 4.99 Å². The minimum Gasteiger partial charge on any atom is -0.493 e. The molecule has 3 atom stereocenters. The third-order valence-electron chi connectivity index (χ3n) is 4.75. The SMILES string of the molecule is CCS(=O)C1CCCC(NC(=NC)NCc2ccc(OC)c(OC(F)F)c2)C1. The molecule has 2 N–H and O–H groups in total. The molecule has 1 saturated carbocycles. The summed E-state index contributed by atoms with van der Waals surface area (Å²) in [5.41, 5.74) is 0.757. The van der Waals surface area contributed by atoms with Crippen LogP contribution in [0.2, 0.25) is 0 Å². The van der Waals surface area contributed by atoms with Gasteiger partial charge in [-0.15, -0.1) is 0 Å². The summed E-state index contributed by atoms with van der Waals surface area (Å²) in [5.74, 6) is 1.56. The van der Waals surface area contributed by atoms with Crippen LogP contribution < -0.4 is 20.1 Å². The maximum atomic E-state index is 12.6. The van der Waals surface area contributed by atoms with E-state index in [0.717, 1.165) is 31.2 Å². The molecule has 0 heterocycles. The summed E-state index contributed by atoms with van der Waals surface area (Å²) in [6, 6.07) is 5.11. The molecule has 0 saturated heterocycles. The van der Waals surface area contributed by atoms with Gasteiger partial charge in [-0.2, -0.15) is 8.78 Å². The molecule has 158 valence electrons. The number of nitrogens with zero attached hydrogens (tertiary/aromatic N) is 1. The molecule has 0 amide bonds. The summed E-state index contributed by atoms with van der Waals surface area (Å²) in [5, 5.41) is 6.80. The van der Waals surface area contributed by atoms with E-state index in [1.165, 1.54) is 13.2 Å². The lowest BCUT2D eigenvalue weighted by atomic mass is 9.95. The van der Waals surface area contributed by atoms with Crippen molar-refractivity contribution in [2.75, 3.05) is 19.9 Å². The average Bonchev–Trinajstić information content (AvgIpc) is 2.70. The number of hydrogen-bond donors (Lipinski definition) is 2. The Bertz CT molecular complexity index is 688. The highest BCUT2D eigenvalue weighted by Gasteiger charge is 2.26. The zero-order valence-electron chi connectivity index (χ0n) is 16.5. The van der Waals surface area contributed by atoms with Crippen molar-refractivity contribution >= 4 is 16.8 Å². The summed E-state index contributed by atoms with van der Waals surface area (Å²) >= 11 is 0. The van der Waals surface area contributed by atoms with Gasteiger partial charge in [-0.3, -0.25) is 9.20 Å². The van der Waals surface area contributed by atoms with Gasteiger partial charge in [0.05, 0.1) is 7.11 Å². The first-order valence-corrected chi connectivity index (χ1v) is 10.8. The van der Waals surface area contributed by atoms with Crippen LogP contribution >= 0.6 is 0 Å². The third kappa shape index (κ3) is 6.61. The van der Waals surface area contributed by atoms with Crippen molar-refractivity contribution in [3.8, 4) is 11.5 Å². The summed E-state index contributed by atoms with van der Waals surface area (Å²) < 4.78 is 46.8. The molecule has 1 aromatic rings. The predicted molar refractivity (Wildman–Crippen MR) is 108 cm³/mol. The van der Waals surface area contributed by atoms with E-state index >= 15 is 0 Å². The van der Waals surface area contributed by atoms with Crippen LogP contribution in [0.4, 0.5) is 8.78 Å². The van der Waals surface area contributed by atoms with Gasteiger partial charge in [0, 0.05) is 41.4 Å². The van der Waals surface area contributed by atoms with Crippen molar-refractivity contribution in [1.29, 1.82) is 0 Å². The molecule has 3 unspecified atom stereocenters. The minimum atomic E-state index is -2.92. The molecule has 28 heavy (non-hydrogen) atoms. The molecule has 2 rings (SSSR count). The van der Waals surface area contributed by atoms with E-state index in [-0.39, 0.29) is 22.8 Å². The Labute approximate surface area is 167 Å². The maximum absolute atomic E-state index is 12.6. The van der Waals surface area contributed by atoms with E-state index in [1.807, 2.05) is 6.92 Å². The molecule has 0 bridgehead atoms. The highest BCUT2D eigenvalue weighted by molar-refractivity contribution is 7.85. The van der Waals surface area contributed by atoms with Crippen molar-refractivity contribution in [3.05, 3.63) is 23.8 Å². The lowest BCUT2D eigenvalue weighted by Crippen LogP contribution is -2.46. The fourth-order valence-corrected chi connectivity index (χ4v) is 4.69. The highest BCUT2D eigenvalue weighted by Crippen LogP contribution is 2.29.